The molecule has 1 aliphatic rings. The molecule has 1 aromatic carbocycles. The fraction of sp³-hybridized carbons (Fsp3) is 0.462. The minimum Gasteiger partial charge on any atom is -0.451 e. The van der Waals surface area contributed by atoms with Crippen LogP contribution < -0.4 is 0 Å². The summed E-state index contributed by atoms with van der Waals surface area (Å²) in [5.74, 6) is -0.306. The average molecular weight is 222 g/mol. The molecule has 0 aliphatic carbocycles. The summed E-state index contributed by atoms with van der Waals surface area (Å²) in [6.07, 6.45) is -0.0520. The summed E-state index contributed by atoms with van der Waals surface area (Å²) in [7, 11) is 0. The maximum Gasteiger partial charge on any atom is 0.306 e. The van der Waals surface area contributed by atoms with E-state index in [2.05, 4.69) is 0 Å². The number of hydrogen-bond acceptors (Lipinski definition) is 2. The molecule has 86 valence electrons. The van der Waals surface area contributed by atoms with Gasteiger partial charge in [-0.25, -0.2) is 4.39 Å². The van der Waals surface area contributed by atoms with Gasteiger partial charge in [0.05, 0.1) is 0 Å². The van der Waals surface area contributed by atoms with Gasteiger partial charge in [-0.2, -0.15) is 0 Å². The SMILES string of the molecule is CC[C@@H](F)[C@]1(c2ccccc2)CCC(=O)O1. The molecule has 0 aromatic heterocycles. The van der Waals surface area contributed by atoms with E-state index < -0.39 is 11.8 Å². The van der Waals surface area contributed by atoms with E-state index in [4.69, 9.17) is 4.74 Å². The van der Waals surface area contributed by atoms with Crippen molar-refractivity contribution in [2.24, 2.45) is 0 Å². The zero-order valence-corrected chi connectivity index (χ0v) is 9.28. The monoisotopic (exact) mass is 222 g/mol. The fourth-order valence-electron chi connectivity index (χ4n) is 2.25. The zero-order chi connectivity index (χ0) is 11.6. The molecule has 0 amide bonds. The molecule has 2 atom stereocenters. The molecule has 0 spiro atoms. The lowest BCUT2D eigenvalue weighted by Gasteiger charge is -2.31. The van der Waals surface area contributed by atoms with Gasteiger partial charge >= 0.3 is 5.97 Å². The molecule has 0 N–H and O–H groups in total. The van der Waals surface area contributed by atoms with Crippen LogP contribution in [0.5, 0.6) is 0 Å². The number of carbonyl (C=O) groups is 1. The predicted octanol–water partition coefficient (Wildman–Crippen LogP) is 2.97. The molecule has 1 aliphatic heterocycles. The third-order valence-corrected chi connectivity index (χ3v) is 3.12. The summed E-state index contributed by atoms with van der Waals surface area (Å²) in [6, 6.07) is 9.19. The van der Waals surface area contributed by atoms with Crippen molar-refractivity contribution in [3.05, 3.63) is 35.9 Å². The minimum absolute atomic E-state index is 0.301. The van der Waals surface area contributed by atoms with Gasteiger partial charge in [0.15, 0.2) is 5.60 Å². The Morgan fingerprint density at radius 1 is 1.44 bits per heavy atom. The molecular weight excluding hydrogens is 207 g/mol. The summed E-state index contributed by atoms with van der Waals surface area (Å²) in [5, 5.41) is 0. The van der Waals surface area contributed by atoms with Crippen molar-refractivity contribution in [1.29, 1.82) is 0 Å². The van der Waals surface area contributed by atoms with Crippen LogP contribution in [-0.2, 0) is 15.1 Å². The number of benzene rings is 1. The lowest BCUT2D eigenvalue weighted by Crippen LogP contribution is -2.36. The van der Waals surface area contributed by atoms with Gasteiger partial charge in [0, 0.05) is 12.8 Å². The molecule has 0 unspecified atom stereocenters. The highest BCUT2D eigenvalue weighted by Gasteiger charge is 2.48. The van der Waals surface area contributed by atoms with Gasteiger partial charge in [-0.15, -0.1) is 0 Å². The molecule has 2 nitrogen and oxygen atoms in total. The molecule has 0 bridgehead atoms. The van der Waals surface area contributed by atoms with E-state index in [-0.39, 0.29) is 5.97 Å². The van der Waals surface area contributed by atoms with Crippen LogP contribution in [0.1, 0.15) is 31.7 Å². The van der Waals surface area contributed by atoms with Crippen LogP contribution >= 0.6 is 0 Å². The lowest BCUT2D eigenvalue weighted by atomic mass is 9.85. The number of hydrogen-bond donors (Lipinski definition) is 0. The van der Waals surface area contributed by atoms with Gasteiger partial charge in [-0.3, -0.25) is 4.79 Å². The second kappa shape index (κ2) is 4.24. The summed E-state index contributed by atoms with van der Waals surface area (Å²) in [4.78, 5) is 11.3. The lowest BCUT2D eigenvalue weighted by molar-refractivity contribution is -0.155. The van der Waals surface area contributed by atoms with E-state index in [0.29, 0.717) is 19.3 Å². The molecule has 1 heterocycles. The quantitative estimate of drug-likeness (QED) is 0.735. The van der Waals surface area contributed by atoms with E-state index in [9.17, 15) is 9.18 Å². The third kappa shape index (κ3) is 1.70. The van der Waals surface area contributed by atoms with Gasteiger partial charge in [0.1, 0.15) is 6.17 Å². The van der Waals surface area contributed by atoms with Crippen LogP contribution in [0.15, 0.2) is 30.3 Å². The third-order valence-electron chi connectivity index (χ3n) is 3.12. The van der Waals surface area contributed by atoms with Gasteiger partial charge in [-0.05, 0) is 12.0 Å². The van der Waals surface area contributed by atoms with Gasteiger partial charge < -0.3 is 4.74 Å². The molecule has 0 radical (unpaired) electrons. The highest BCUT2D eigenvalue weighted by atomic mass is 19.1. The van der Waals surface area contributed by atoms with E-state index in [1.54, 1.807) is 6.92 Å². The van der Waals surface area contributed by atoms with Crippen LogP contribution in [-0.4, -0.2) is 12.1 Å². The summed E-state index contributed by atoms with van der Waals surface area (Å²) in [5.41, 5.74) is -0.289. The topological polar surface area (TPSA) is 26.3 Å². The Kier molecular flexibility index (Phi) is 2.95. The number of esters is 1. The first-order valence-electron chi connectivity index (χ1n) is 5.60. The average Bonchev–Trinajstić information content (AvgIpc) is 2.73. The van der Waals surface area contributed by atoms with Gasteiger partial charge in [0.2, 0.25) is 0 Å². The first-order chi connectivity index (χ1) is 7.69. The Morgan fingerprint density at radius 2 is 2.12 bits per heavy atom. The van der Waals surface area contributed by atoms with Crippen LogP contribution in [0.2, 0.25) is 0 Å². The number of halogens is 1. The van der Waals surface area contributed by atoms with Crippen LogP contribution in [0, 0.1) is 0 Å². The molecule has 1 saturated heterocycles. The second-order valence-corrected chi connectivity index (χ2v) is 4.11. The molecule has 0 saturated carbocycles. The Labute approximate surface area is 94.4 Å². The smallest absolute Gasteiger partial charge is 0.306 e. The molecule has 16 heavy (non-hydrogen) atoms. The number of rotatable bonds is 3. The van der Waals surface area contributed by atoms with Crippen molar-refractivity contribution in [2.45, 2.75) is 38.0 Å². The van der Waals surface area contributed by atoms with E-state index in [0.717, 1.165) is 5.56 Å². The van der Waals surface area contributed by atoms with Crippen molar-refractivity contribution in [2.75, 3.05) is 0 Å². The first-order valence-corrected chi connectivity index (χ1v) is 5.60. The van der Waals surface area contributed by atoms with Crippen LogP contribution in [0.25, 0.3) is 0 Å². The number of carbonyl (C=O) groups excluding carboxylic acids is 1. The molecular formula is C13H15FO2. The largest absolute Gasteiger partial charge is 0.451 e. The highest BCUT2D eigenvalue weighted by molar-refractivity contribution is 5.72. The zero-order valence-electron chi connectivity index (χ0n) is 9.28. The van der Waals surface area contributed by atoms with Crippen molar-refractivity contribution < 1.29 is 13.9 Å². The predicted molar refractivity (Wildman–Crippen MR) is 58.6 cm³/mol. The van der Waals surface area contributed by atoms with Crippen LogP contribution in [0.3, 0.4) is 0 Å². The Morgan fingerprint density at radius 3 is 2.62 bits per heavy atom. The second-order valence-electron chi connectivity index (χ2n) is 4.11. The van der Waals surface area contributed by atoms with E-state index in [1.807, 2.05) is 30.3 Å². The molecule has 1 fully saturated rings. The Hall–Kier alpha value is -1.38. The Bertz CT molecular complexity index is 377. The standard InChI is InChI=1S/C13H15FO2/c1-2-11(14)13(9-8-12(15)16-13)10-6-4-3-5-7-10/h3-7,11H,2,8-9H2,1H3/t11-,13-/m1/s1. The maximum absolute atomic E-state index is 14.1. The van der Waals surface area contributed by atoms with Crippen LogP contribution in [0.4, 0.5) is 4.39 Å². The van der Waals surface area contributed by atoms with Crippen molar-refractivity contribution in [3.63, 3.8) is 0 Å². The van der Waals surface area contributed by atoms with Crippen molar-refractivity contribution in [1.82, 2.24) is 0 Å². The fourth-order valence-corrected chi connectivity index (χ4v) is 2.25. The molecule has 1 aromatic rings. The molecule has 2 rings (SSSR count). The number of cyclic esters (lactones) is 1. The number of alkyl halides is 1. The maximum atomic E-state index is 14.1. The van der Waals surface area contributed by atoms with Crippen molar-refractivity contribution >= 4 is 5.97 Å². The summed E-state index contributed by atoms with van der Waals surface area (Å²) >= 11 is 0. The van der Waals surface area contributed by atoms with Crippen molar-refractivity contribution in [3.8, 4) is 0 Å². The van der Waals surface area contributed by atoms with E-state index >= 15 is 0 Å². The van der Waals surface area contributed by atoms with E-state index in [1.165, 1.54) is 0 Å². The summed E-state index contributed by atoms with van der Waals surface area (Å²) < 4.78 is 19.3. The summed E-state index contributed by atoms with van der Waals surface area (Å²) in [6.45, 7) is 1.77. The normalized spacial score (nSPS) is 26.5. The first kappa shape index (κ1) is 11.1. The minimum atomic E-state index is -1.14. The molecule has 3 heteroatoms. The van der Waals surface area contributed by atoms with Gasteiger partial charge in [0.25, 0.3) is 0 Å². The highest BCUT2D eigenvalue weighted by Crippen LogP contribution is 2.42. The number of ether oxygens (including phenoxy) is 1. The van der Waals surface area contributed by atoms with Gasteiger partial charge in [-0.1, -0.05) is 37.3 Å². The Balaban J connectivity index is 2.39.